The van der Waals surface area contributed by atoms with Gasteiger partial charge in [0.1, 0.15) is 0 Å². The Morgan fingerprint density at radius 1 is 1.43 bits per heavy atom. The van der Waals surface area contributed by atoms with Crippen molar-refractivity contribution in [1.82, 2.24) is 4.98 Å². The van der Waals surface area contributed by atoms with Crippen LogP contribution in [0.5, 0.6) is 0 Å². The first-order valence-electron chi connectivity index (χ1n) is 4.56. The molecule has 0 bridgehead atoms. The second-order valence-electron chi connectivity index (χ2n) is 3.10. The molecule has 0 fully saturated rings. The highest BCUT2D eigenvalue weighted by Gasteiger charge is 2.01. The van der Waals surface area contributed by atoms with E-state index in [-0.39, 0.29) is 5.56 Å². The summed E-state index contributed by atoms with van der Waals surface area (Å²) in [6, 6.07) is 7.35. The number of nitrogens with one attached hydrogen (secondary N) is 1. The topological polar surface area (TPSA) is 32.9 Å². The monoisotopic (exact) mass is 205 g/mol. The molecule has 0 atom stereocenters. The molecule has 2 aromatic heterocycles. The lowest BCUT2D eigenvalue weighted by Gasteiger charge is -1.94. The van der Waals surface area contributed by atoms with Gasteiger partial charge in [0, 0.05) is 6.07 Å². The molecule has 2 rings (SSSR count). The Morgan fingerprint density at radius 2 is 2.29 bits per heavy atom. The zero-order valence-electron chi connectivity index (χ0n) is 7.91. The maximum Gasteiger partial charge on any atom is 0.248 e. The van der Waals surface area contributed by atoms with Crippen molar-refractivity contribution in [2.75, 3.05) is 0 Å². The largest absolute Gasteiger partial charge is 0.321 e. The van der Waals surface area contributed by atoms with E-state index in [2.05, 4.69) is 23.4 Å². The number of hydrogen-bond donors (Lipinski definition) is 1. The van der Waals surface area contributed by atoms with E-state index < -0.39 is 0 Å². The molecule has 2 nitrogen and oxygen atoms in total. The van der Waals surface area contributed by atoms with Crippen molar-refractivity contribution in [1.29, 1.82) is 0 Å². The second-order valence-corrected chi connectivity index (χ2v) is 4.01. The molecule has 0 aliphatic rings. The Balaban J connectivity index is 2.44. The number of aromatic amines is 1. The number of thiophene rings is 1. The zero-order valence-corrected chi connectivity index (χ0v) is 8.73. The first-order valence-corrected chi connectivity index (χ1v) is 5.44. The van der Waals surface area contributed by atoms with E-state index >= 15 is 0 Å². The summed E-state index contributed by atoms with van der Waals surface area (Å²) in [5.74, 6) is 0. The molecule has 3 heteroatoms. The van der Waals surface area contributed by atoms with E-state index in [1.54, 1.807) is 17.4 Å². The van der Waals surface area contributed by atoms with Crippen molar-refractivity contribution in [3.63, 3.8) is 0 Å². The van der Waals surface area contributed by atoms with Crippen LogP contribution in [0, 0.1) is 0 Å². The number of hydrogen-bond acceptors (Lipinski definition) is 2. The minimum atomic E-state index is -0.0473. The highest BCUT2D eigenvalue weighted by Crippen LogP contribution is 2.24. The Labute approximate surface area is 86.2 Å². The fraction of sp³-hybridized carbons (Fsp3) is 0.182. The number of aromatic nitrogens is 1. The third kappa shape index (κ3) is 1.77. The maximum atomic E-state index is 11.1. The van der Waals surface area contributed by atoms with Gasteiger partial charge in [0.2, 0.25) is 5.56 Å². The molecule has 0 saturated carbocycles. The Morgan fingerprint density at radius 3 is 2.93 bits per heavy atom. The molecule has 0 unspecified atom stereocenters. The van der Waals surface area contributed by atoms with Crippen LogP contribution in [0.4, 0.5) is 0 Å². The lowest BCUT2D eigenvalue weighted by molar-refractivity contribution is 1.15. The highest BCUT2D eigenvalue weighted by atomic mass is 32.1. The van der Waals surface area contributed by atoms with Gasteiger partial charge in [0.25, 0.3) is 0 Å². The Hall–Kier alpha value is -1.35. The van der Waals surface area contributed by atoms with Crippen molar-refractivity contribution < 1.29 is 0 Å². The van der Waals surface area contributed by atoms with Gasteiger partial charge in [-0.2, -0.15) is 0 Å². The Bertz CT molecular complexity index is 484. The summed E-state index contributed by atoms with van der Waals surface area (Å²) in [4.78, 5) is 15.0. The summed E-state index contributed by atoms with van der Waals surface area (Å²) in [6.07, 6.45) is 1.04. The van der Waals surface area contributed by atoms with E-state index in [0.29, 0.717) is 0 Å². The van der Waals surface area contributed by atoms with E-state index in [0.717, 1.165) is 17.0 Å². The van der Waals surface area contributed by atoms with Gasteiger partial charge in [0.15, 0.2) is 0 Å². The molecule has 0 amide bonds. The third-order valence-corrected chi connectivity index (χ3v) is 3.11. The van der Waals surface area contributed by atoms with Gasteiger partial charge in [-0.3, -0.25) is 4.79 Å². The molecule has 2 aromatic rings. The lowest BCUT2D eigenvalue weighted by Crippen LogP contribution is -2.02. The summed E-state index contributed by atoms with van der Waals surface area (Å²) in [6.45, 7) is 2.12. The average Bonchev–Trinajstić information content (AvgIpc) is 2.66. The molecule has 0 radical (unpaired) electrons. The van der Waals surface area contributed by atoms with E-state index in [1.807, 2.05) is 6.07 Å². The minimum absolute atomic E-state index is 0.0473. The van der Waals surface area contributed by atoms with Crippen LogP contribution >= 0.6 is 11.3 Å². The fourth-order valence-corrected chi connectivity index (χ4v) is 2.27. The van der Waals surface area contributed by atoms with Crippen LogP contribution in [0.25, 0.3) is 10.6 Å². The summed E-state index contributed by atoms with van der Waals surface area (Å²) in [5.41, 5.74) is 2.17. The second kappa shape index (κ2) is 3.80. The average molecular weight is 205 g/mol. The van der Waals surface area contributed by atoms with Gasteiger partial charge in [-0.05, 0) is 29.5 Å². The van der Waals surface area contributed by atoms with Gasteiger partial charge in [-0.25, -0.2) is 0 Å². The molecule has 0 aliphatic carbocycles. The summed E-state index contributed by atoms with van der Waals surface area (Å²) in [7, 11) is 0. The predicted molar refractivity (Wildman–Crippen MR) is 59.8 cm³/mol. The van der Waals surface area contributed by atoms with Crippen molar-refractivity contribution >= 4 is 11.3 Å². The molecule has 1 N–H and O–H groups in total. The van der Waals surface area contributed by atoms with Crippen molar-refractivity contribution in [2.24, 2.45) is 0 Å². The van der Waals surface area contributed by atoms with Gasteiger partial charge < -0.3 is 4.98 Å². The van der Waals surface area contributed by atoms with Crippen molar-refractivity contribution in [3.8, 4) is 10.6 Å². The number of rotatable bonds is 2. The third-order valence-electron chi connectivity index (χ3n) is 2.10. The van der Waals surface area contributed by atoms with Gasteiger partial charge in [0.05, 0.1) is 10.6 Å². The quantitative estimate of drug-likeness (QED) is 0.803. The van der Waals surface area contributed by atoms with Crippen molar-refractivity contribution in [3.05, 3.63) is 45.6 Å². The molecule has 0 saturated heterocycles. The van der Waals surface area contributed by atoms with Crippen LogP contribution < -0.4 is 5.56 Å². The van der Waals surface area contributed by atoms with Gasteiger partial charge >= 0.3 is 0 Å². The molecular formula is C11H11NOS. The summed E-state index contributed by atoms with van der Waals surface area (Å²) >= 11 is 1.67. The summed E-state index contributed by atoms with van der Waals surface area (Å²) in [5, 5.41) is 2.13. The standard InChI is InChI=1S/C11H11NOS/c1-2-8-6-10(14-7-8)9-4-3-5-11(13)12-9/h3-7H,2H2,1H3,(H,12,13). The van der Waals surface area contributed by atoms with Crippen LogP contribution in [-0.4, -0.2) is 4.98 Å². The van der Waals surface area contributed by atoms with E-state index in [4.69, 9.17) is 0 Å². The van der Waals surface area contributed by atoms with E-state index in [9.17, 15) is 4.79 Å². The van der Waals surface area contributed by atoms with Gasteiger partial charge in [-0.15, -0.1) is 11.3 Å². The van der Waals surface area contributed by atoms with Gasteiger partial charge in [-0.1, -0.05) is 13.0 Å². The molecule has 0 aliphatic heterocycles. The van der Waals surface area contributed by atoms with Crippen LogP contribution in [0.3, 0.4) is 0 Å². The first-order chi connectivity index (χ1) is 6.79. The van der Waals surface area contributed by atoms with Crippen LogP contribution in [-0.2, 0) is 6.42 Å². The minimum Gasteiger partial charge on any atom is -0.321 e. The van der Waals surface area contributed by atoms with Crippen LogP contribution in [0.2, 0.25) is 0 Å². The zero-order chi connectivity index (χ0) is 9.97. The lowest BCUT2D eigenvalue weighted by atomic mass is 10.2. The molecule has 14 heavy (non-hydrogen) atoms. The number of aryl methyl sites for hydroxylation is 1. The van der Waals surface area contributed by atoms with Crippen molar-refractivity contribution in [2.45, 2.75) is 13.3 Å². The molecule has 0 aromatic carbocycles. The number of H-pyrrole nitrogens is 1. The molecular weight excluding hydrogens is 194 g/mol. The van der Waals surface area contributed by atoms with Crippen LogP contribution in [0.15, 0.2) is 34.4 Å². The van der Waals surface area contributed by atoms with Crippen LogP contribution in [0.1, 0.15) is 12.5 Å². The van der Waals surface area contributed by atoms with E-state index in [1.165, 1.54) is 11.6 Å². The maximum absolute atomic E-state index is 11.1. The summed E-state index contributed by atoms with van der Waals surface area (Å²) < 4.78 is 0. The Kier molecular flexibility index (Phi) is 2.50. The molecule has 0 spiro atoms. The smallest absolute Gasteiger partial charge is 0.248 e. The highest BCUT2D eigenvalue weighted by molar-refractivity contribution is 7.13. The normalized spacial score (nSPS) is 10.4. The fourth-order valence-electron chi connectivity index (χ4n) is 1.29. The molecule has 2 heterocycles. The molecule has 72 valence electrons. The number of pyridine rings is 1. The predicted octanol–water partition coefficient (Wildman–Crippen LogP) is 2.67. The first kappa shape index (κ1) is 9.21. The SMILES string of the molecule is CCc1csc(-c2cccc(=O)[nH]2)c1.